The molecular formula is C7H11IN3-. The van der Waals surface area contributed by atoms with Gasteiger partial charge in [0.1, 0.15) is 0 Å². The van der Waals surface area contributed by atoms with E-state index in [1.165, 1.54) is 0 Å². The van der Waals surface area contributed by atoms with Gasteiger partial charge in [0, 0.05) is 0 Å². The number of alkyl halides is 1. The number of nitrogens with two attached hydrogens (primary N) is 3. The fourth-order valence-electron chi connectivity index (χ4n) is 0.817. The molecule has 1 rings (SSSR count). The van der Waals surface area contributed by atoms with Gasteiger partial charge >= 0.3 is 76.1 Å². The first-order valence-corrected chi connectivity index (χ1v) is 6.32. The van der Waals surface area contributed by atoms with Crippen LogP contribution >= 0.6 is 0 Å². The van der Waals surface area contributed by atoms with Gasteiger partial charge in [-0.25, -0.2) is 0 Å². The summed E-state index contributed by atoms with van der Waals surface area (Å²) in [7, 11) is 0. The second-order valence-electron chi connectivity index (χ2n) is 2.19. The molecule has 0 aromatic heterocycles. The van der Waals surface area contributed by atoms with Gasteiger partial charge < -0.3 is 0 Å². The Morgan fingerprint density at radius 3 is 2.36 bits per heavy atom. The van der Waals surface area contributed by atoms with Crippen LogP contribution in [0.15, 0.2) is 12.1 Å². The summed E-state index contributed by atoms with van der Waals surface area (Å²) in [6, 6.07) is 3.59. The van der Waals surface area contributed by atoms with E-state index in [0.29, 0.717) is 17.1 Å². The molecule has 0 aliphatic heterocycles. The molecule has 1 aromatic carbocycles. The third-order valence-corrected chi connectivity index (χ3v) is 3.44. The Labute approximate surface area is 76.2 Å². The fourth-order valence-corrected chi connectivity index (χ4v) is 2.38. The van der Waals surface area contributed by atoms with E-state index in [2.05, 4.69) is 4.93 Å². The molecule has 4 heteroatoms. The minimum atomic E-state index is -0.0309. The second-order valence-corrected chi connectivity index (χ2v) is 4.44. The molecule has 3 nitrogen and oxygen atoms in total. The number of halogens is 1. The summed E-state index contributed by atoms with van der Waals surface area (Å²) in [6.45, 7) is 0. The number of nitrogen functional groups attached to an aromatic ring is 3. The zero-order chi connectivity index (χ0) is 8.43. The third kappa shape index (κ3) is 1.68. The molecule has 1 aromatic rings. The van der Waals surface area contributed by atoms with E-state index < -0.39 is 0 Å². The standard InChI is InChI=1S/C7H11IN3/c1-8-5-2-4(9)3-6(10)7(5)11/h2-3H,9-11H2,1H3/q-1. The van der Waals surface area contributed by atoms with Gasteiger partial charge in [0.05, 0.1) is 0 Å². The molecule has 0 unspecified atom stereocenters. The Balaban J connectivity index is 3.24. The first-order chi connectivity index (χ1) is 5.15. The molecule has 6 N–H and O–H groups in total. The van der Waals surface area contributed by atoms with Crippen LogP contribution in [-0.4, -0.2) is 4.93 Å². The Morgan fingerprint density at radius 2 is 1.82 bits per heavy atom. The number of rotatable bonds is 1. The van der Waals surface area contributed by atoms with Crippen LogP contribution in [0.3, 0.4) is 0 Å². The molecule has 0 spiro atoms. The van der Waals surface area contributed by atoms with E-state index in [9.17, 15) is 0 Å². The Hall–Kier alpha value is -0.650. The molecule has 11 heavy (non-hydrogen) atoms. The predicted octanol–water partition coefficient (Wildman–Crippen LogP) is -2.68. The van der Waals surface area contributed by atoms with Crippen molar-refractivity contribution >= 4 is 17.1 Å². The van der Waals surface area contributed by atoms with Crippen molar-refractivity contribution in [2.45, 2.75) is 0 Å². The van der Waals surface area contributed by atoms with Crippen molar-refractivity contribution in [3.05, 3.63) is 15.7 Å². The summed E-state index contributed by atoms with van der Waals surface area (Å²) in [6.07, 6.45) is 0. The van der Waals surface area contributed by atoms with Crippen LogP contribution in [0.25, 0.3) is 0 Å². The van der Waals surface area contributed by atoms with Crippen LogP contribution in [0.4, 0.5) is 17.1 Å². The van der Waals surface area contributed by atoms with Crippen LogP contribution in [0, 0.1) is 3.57 Å². The molecule has 0 aliphatic rings. The molecule has 0 bridgehead atoms. The normalized spacial score (nSPS) is 10.3. The van der Waals surface area contributed by atoms with Crippen LogP contribution < -0.4 is 38.4 Å². The summed E-state index contributed by atoms with van der Waals surface area (Å²) in [5, 5.41) is 0. The average Bonchev–Trinajstić information content (AvgIpc) is 1.96. The number of hydrogen-bond donors (Lipinski definition) is 3. The van der Waals surface area contributed by atoms with Crippen molar-refractivity contribution in [3.63, 3.8) is 0 Å². The zero-order valence-electron chi connectivity index (χ0n) is 6.26. The van der Waals surface area contributed by atoms with Gasteiger partial charge in [-0.3, -0.25) is 0 Å². The Bertz CT molecular complexity index is 273. The summed E-state index contributed by atoms with van der Waals surface area (Å²) in [4.78, 5) is 2.13. The second kappa shape index (κ2) is 3.17. The number of benzene rings is 1. The first kappa shape index (κ1) is 8.45. The van der Waals surface area contributed by atoms with Gasteiger partial charge in [-0.15, -0.1) is 0 Å². The van der Waals surface area contributed by atoms with E-state index in [-0.39, 0.29) is 21.2 Å². The van der Waals surface area contributed by atoms with E-state index in [1.54, 1.807) is 6.07 Å². The minimum absolute atomic E-state index is 0.0309. The van der Waals surface area contributed by atoms with E-state index in [1.807, 2.05) is 6.07 Å². The van der Waals surface area contributed by atoms with Gasteiger partial charge in [-0.05, 0) is 0 Å². The van der Waals surface area contributed by atoms with E-state index in [4.69, 9.17) is 17.2 Å². The number of hydrogen-bond acceptors (Lipinski definition) is 3. The van der Waals surface area contributed by atoms with Crippen LogP contribution in [0.5, 0.6) is 0 Å². The summed E-state index contributed by atoms with van der Waals surface area (Å²) in [5.74, 6) is 0. The quantitative estimate of drug-likeness (QED) is 0.294. The van der Waals surface area contributed by atoms with Gasteiger partial charge in [0.15, 0.2) is 0 Å². The summed E-state index contributed by atoms with van der Waals surface area (Å²) in [5.41, 5.74) is 18.9. The molecule has 62 valence electrons. The van der Waals surface area contributed by atoms with Gasteiger partial charge in [0.25, 0.3) is 0 Å². The van der Waals surface area contributed by atoms with Crippen molar-refractivity contribution in [3.8, 4) is 0 Å². The zero-order valence-corrected chi connectivity index (χ0v) is 8.42. The van der Waals surface area contributed by atoms with Gasteiger partial charge in [0.2, 0.25) is 0 Å². The maximum atomic E-state index is 5.71. The predicted molar refractivity (Wildman–Crippen MR) is 44.3 cm³/mol. The molecule has 0 saturated heterocycles. The third-order valence-electron chi connectivity index (χ3n) is 1.39. The van der Waals surface area contributed by atoms with Crippen LogP contribution in [0.1, 0.15) is 0 Å². The molecular weight excluding hydrogens is 253 g/mol. The monoisotopic (exact) mass is 264 g/mol. The van der Waals surface area contributed by atoms with Crippen molar-refractivity contribution in [2.75, 3.05) is 22.1 Å². The topological polar surface area (TPSA) is 78.1 Å². The molecule has 0 amide bonds. The van der Waals surface area contributed by atoms with Crippen LogP contribution in [-0.2, 0) is 0 Å². The molecule has 0 saturated carbocycles. The fraction of sp³-hybridized carbons (Fsp3) is 0.143. The van der Waals surface area contributed by atoms with Crippen molar-refractivity contribution in [2.24, 2.45) is 0 Å². The van der Waals surface area contributed by atoms with Crippen molar-refractivity contribution < 1.29 is 21.2 Å². The van der Waals surface area contributed by atoms with Crippen LogP contribution in [0.2, 0.25) is 0 Å². The van der Waals surface area contributed by atoms with E-state index in [0.717, 1.165) is 3.57 Å². The van der Waals surface area contributed by atoms with Crippen molar-refractivity contribution in [1.82, 2.24) is 0 Å². The molecule has 0 fully saturated rings. The maximum absolute atomic E-state index is 5.71. The Kier molecular flexibility index (Phi) is 2.43. The molecule has 0 radical (unpaired) electrons. The molecule has 0 aliphatic carbocycles. The molecule has 0 atom stereocenters. The van der Waals surface area contributed by atoms with Gasteiger partial charge in [-0.1, -0.05) is 0 Å². The van der Waals surface area contributed by atoms with Gasteiger partial charge in [-0.2, -0.15) is 0 Å². The van der Waals surface area contributed by atoms with Crippen molar-refractivity contribution in [1.29, 1.82) is 0 Å². The summed E-state index contributed by atoms with van der Waals surface area (Å²) >= 11 is -0.0309. The average molecular weight is 264 g/mol. The molecule has 0 heterocycles. The first-order valence-electron chi connectivity index (χ1n) is 3.09. The van der Waals surface area contributed by atoms with E-state index >= 15 is 0 Å². The SMILES string of the molecule is C[I-]c1cc(N)cc(N)c1N. The Morgan fingerprint density at radius 1 is 1.18 bits per heavy atom. The summed E-state index contributed by atoms with van der Waals surface area (Å²) < 4.78 is 1.13. The number of anilines is 3.